The lowest BCUT2D eigenvalue weighted by molar-refractivity contribution is -0.119. The predicted molar refractivity (Wildman–Crippen MR) is 71.1 cm³/mol. The van der Waals surface area contributed by atoms with Gasteiger partial charge < -0.3 is 5.32 Å². The largest absolute Gasteiger partial charge is 0.336 e. The summed E-state index contributed by atoms with van der Waals surface area (Å²) in [4.78, 5) is 12.1. The molecule has 2 rings (SSSR count). The van der Waals surface area contributed by atoms with E-state index in [-0.39, 0.29) is 6.54 Å². The number of benzene rings is 1. The zero-order chi connectivity index (χ0) is 14.0. The topological polar surface area (TPSA) is 86.7 Å². The molecule has 1 aliphatic heterocycles. The van der Waals surface area contributed by atoms with Crippen LogP contribution in [0.15, 0.2) is 24.3 Å². The molecule has 0 radical (unpaired) electrons. The molecular weight excluding hydrogens is 268 g/mol. The maximum atomic E-state index is 12.1. The summed E-state index contributed by atoms with van der Waals surface area (Å²) < 4.78 is 32.2. The van der Waals surface area contributed by atoms with Gasteiger partial charge in [-0.15, -0.1) is 0 Å². The Morgan fingerprint density at radius 3 is 2.84 bits per heavy atom. The molecule has 1 aliphatic rings. The van der Waals surface area contributed by atoms with E-state index in [0.717, 1.165) is 9.87 Å². The Kier molecular flexibility index (Phi) is 3.88. The van der Waals surface area contributed by atoms with Gasteiger partial charge in [0.15, 0.2) is 0 Å². The number of aryl methyl sites for hydroxylation is 1. The maximum absolute atomic E-state index is 12.1. The average molecular weight is 284 g/mol. The van der Waals surface area contributed by atoms with Gasteiger partial charge in [0.2, 0.25) is 5.91 Å². The van der Waals surface area contributed by atoms with E-state index in [1.807, 2.05) is 13.0 Å². The highest BCUT2D eigenvalue weighted by atomic mass is 32.2. The fraction of sp³-hybridized carbons (Fsp3) is 0.417. The highest BCUT2D eigenvalue weighted by Gasteiger charge is 2.37. The fourth-order valence-corrected chi connectivity index (χ4v) is 3.11. The minimum atomic E-state index is -4.32. The van der Waals surface area contributed by atoms with Crippen LogP contribution in [0.5, 0.6) is 0 Å². The molecule has 0 aliphatic carbocycles. The van der Waals surface area contributed by atoms with Crippen molar-refractivity contribution in [3.05, 3.63) is 29.8 Å². The van der Waals surface area contributed by atoms with E-state index in [9.17, 15) is 13.2 Å². The maximum Gasteiger partial charge on any atom is 0.336 e. The molecule has 104 valence electrons. The lowest BCUT2D eigenvalue weighted by Crippen LogP contribution is -2.42. The van der Waals surface area contributed by atoms with Gasteiger partial charge in [0, 0.05) is 12.2 Å². The number of hydrogen-bond acceptors (Lipinski definition) is 3. The van der Waals surface area contributed by atoms with Gasteiger partial charge in [-0.05, 0) is 37.5 Å². The third-order valence-corrected chi connectivity index (χ3v) is 4.12. The van der Waals surface area contributed by atoms with E-state index < -0.39 is 22.3 Å². The number of nitrogens with zero attached hydrogens (tertiary/aromatic N) is 1. The van der Waals surface area contributed by atoms with Crippen molar-refractivity contribution in [1.82, 2.24) is 4.31 Å². The van der Waals surface area contributed by atoms with Crippen LogP contribution in [0.1, 0.15) is 18.4 Å². The van der Waals surface area contributed by atoms with Crippen molar-refractivity contribution in [2.45, 2.75) is 25.8 Å². The number of hydrogen-bond donors (Lipinski definition) is 2. The highest BCUT2D eigenvalue weighted by Crippen LogP contribution is 2.21. The first-order chi connectivity index (χ1) is 8.88. The van der Waals surface area contributed by atoms with E-state index in [1.165, 1.54) is 0 Å². The second-order valence-electron chi connectivity index (χ2n) is 4.61. The standard InChI is InChI=1S/C12H16N2O4S/c1-9-4-2-5-10(8-9)13-12(15)11-6-3-7-14(11)19(16,17)18/h2,4-5,8,11H,3,6-7H2,1H3,(H,13,15)(H,16,17,18)/t11-/m0/s1. The number of nitrogens with one attached hydrogen (secondary N) is 1. The average Bonchev–Trinajstić information content (AvgIpc) is 2.77. The van der Waals surface area contributed by atoms with Crippen molar-refractivity contribution in [1.29, 1.82) is 0 Å². The van der Waals surface area contributed by atoms with Gasteiger partial charge in [0.1, 0.15) is 6.04 Å². The minimum Gasteiger partial charge on any atom is -0.325 e. The van der Waals surface area contributed by atoms with Gasteiger partial charge >= 0.3 is 10.3 Å². The molecule has 0 bridgehead atoms. The smallest absolute Gasteiger partial charge is 0.325 e. The summed E-state index contributed by atoms with van der Waals surface area (Å²) in [7, 11) is -4.32. The zero-order valence-electron chi connectivity index (χ0n) is 10.5. The van der Waals surface area contributed by atoms with Crippen LogP contribution in [-0.4, -0.2) is 35.8 Å². The molecule has 0 spiro atoms. The molecule has 0 unspecified atom stereocenters. The van der Waals surface area contributed by atoms with Gasteiger partial charge in [-0.25, -0.2) is 0 Å². The summed E-state index contributed by atoms with van der Waals surface area (Å²) >= 11 is 0. The predicted octanol–water partition coefficient (Wildman–Crippen LogP) is 1.20. The molecule has 1 atom stereocenters. The Hall–Kier alpha value is -1.44. The lowest BCUT2D eigenvalue weighted by Gasteiger charge is -2.20. The van der Waals surface area contributed by atoms with Crippen molar-refractivity contribution in [2.24, 2.45) is 0 Å². The molecule has 1 amide bonds. The lowest BCUT2D eigenvalue weighted by atomic mass is 10.2. The van der Waals surface area contributed by atoms with Crippen LogP contribution in [-0.2, 0) is 15.1 Å². The highest BCUT2D eigenvalue weighted by molar-refractivity contribution is 7.83. The number of amides is 1. The van der Waals surface area contributed by atoms with Crippen LogP contribution < -0.4 is 5.32 Å². The first-order valence-corrected chi connectivity index (χ1v) is 7.39. The van der Waals surface area contributed by atoms with Gasteiger partial charge in [-0.1, -0.05) is 12.1 Å². The van der Waals surface area contributed by atoms with E-state index in [4.69, 9.17) is 4.55 Å². The summed E-state index contributed by atoms with van der Waals surface area (Å²) in [5, 5.41) is 2.67. The Labute approximate surface area is 112 Å². The van der Waals surface area contributed by atoms with Crippen molar-refractivity contribution in [3.8, 4) is 0 Å². The van der Waals surface area contributed by atoms with Gasteiger partial charge in [-0.3, -0.25) is 9.35 Å². The van der Waals surface area contributed by atoms with Gasteiger partial charge in [0.25, 0.3) is 0 Å². The summed E-state index contributed by atoms with van der Waals surface area (Å²) in [5.74, 6) is -0.416. The summed E-state index contributed by atoms with van der Waals surface area (Å²) in [6.45, 7) is 2.07. The van der Waals surface area contributed by atoms with Crippen molar-refractivity contribution in [3.63, 3.8) is 0 Å². The van der Waals surface area contributed by atoms with Crippen molar-refractivity contribution in [2.75, 3.05) is 11.9 Å². The summed E-state index contributed by atoms with van der Waals surface area (Å²) in [6, 6.07) is 6.40. The first kappa shape index (κ1) is 14.0. The molecule has 1 aromatic carbocycles. The normalized spacial score (nSPS) is 20.4. The minimum absolute atomic E-state index is 0.171. The Bertz CT molecular complexity index is 585. The SMILES string of the molecule is Cc1cccc(NC(=O)[C@@H]2CCCN2S(=O)(=O)O)c1. The number of rotatable bonds is 3. The molecule has 19 heavy (non-hydrogen) atoms. The molecule has 1 heterocycles. The molecule has 1 aromatic rings. The van der Waals surface area contributed by atoms with Crippen molar-refractivity contribution < 1.29 is 17.8 Å². The molecular formula is C12H16N2O4S. The monoisotopic (exact) mass is 284 g/mol. The molecule has 6 nitrogen and oxygen atoms in total. The molecule has 0 saturated carbocycles. The third-order valence-electron chi connectivity index (χ3n) is 3.09. The zero-order valence-corrected chi connectivity index (χ0v) is 11.4. The summed E-state index contributed by atoms with van der Waals surface area (Å²) in [6.07, 6.45) is 0.975. The van der Waals surface area contributed by atoms with Crippen molar-refractivity contribution >= 4 is 21.9 Å². The Morgan fingerprint density at radius 1 is 1.47 bits per heavy atom. The molecule has 2 N–H and O–H groups in total. The van der Waals surface area contributed by atoms with Crippen LogP contribution in [0, 0.1) is 6.92 Å². The number of carbonyl (C=O) groups is 1. The van der Waals surface area contributed by atoms with E-state index in [1.54, 1.807) is 18.2 Å². The number of carbonyl (C=O) groups excluding carboxylic acids is 1. The van der Waals surface area contributed by atoms with Crippen LogP contribution in [0.25, 0.3) is 0 Å². The van der Waals surface area contributed by atoms with Gasteiger partial charge in [-0.2, -0.15) is 12.7 Å². The summed E-state index contributed by atoms with van der Waals surface area (Å²) in [5.41, 5.74) is 1.61. The van der Waals surface area contributed by atoms with E-state index in [2.05, 4.69) is 5.32 Å². The Balaban J connectivity index is 2.12. The van der Waals surface area contributed by atoms with Crippen LogP contribution >= 0.6 is 0 Å². The second-order valence-corrected chi connectivity index (χ2v) is 5.97. The Morgan fingerprint density at radius 2 is 2.21 bits per heavy atom. The fourth-order valence-electron chi connectivity index (χ4n) is 2.23. The molecule has 1 saturated heterocycles. The van der Waals surface area contributed by atoms with Gasteiger partial charge in [0.05, 0.1) is 0 Å². The second kappa shape index (κ2) is 5.28. The quantitative estimate of drug-likeness (QED) is 0.817. The number of anilines is 1. The van der Waals surface area contributed by atoms with E-state index in [0.29, 0.717) is 18.5 Å². The first-order valence-electron chi connectivity index (χ1n) is 6.00. The third kappa shape index (κ3) is 3.31. The molecule has 1 fully saturated rings. The van der Waals surface area contributed by atoms with E-state index >= 15 is 0 Å². The molecule has 7 heteroatoms. The van der Waals surface area contributed by atoms with Crippen LogP contribution in [0.3, 0.4) is 0 Å². The molecule has 0 aromatic heterocycles. The van der Waals surface area contributed by atoms with Crippen LogP contribution in [0.2, 0.25) is 0 Å². The van der Waals surface area contributed by atoms with Crippen LogP contribution in [0.4, 0.5) is 5.69 Å².